The third kappa shape index (κ3) is 3.35. The molecule has 98 valence electrons. The molecular formula is C13H20N4O. The summed E-state index contributed by atoms with van der Waals surface area (Å²) in [6.45, 7) is 4.15. The zero-order chi connectivity index (χ0) is 12.8. The Morgan fingerprint density at radius 1 is 1.44 bits per heavy atom. The van der Waals surface area contributed by atoms with Gasteiger partial charge in [0, 0.05) is 31.7 Å². The summed E-state index contributed by atoms with van der Waals surface area (Å²) in [5, 5.41) is 8.81. The first kappa shape index (κ1) is 12.7. The smallest absolute Gasteiger partial charge is 0.314 e. The molecular weight excluding hydrogens is 228 g/mol. The summed E-state index contributed by atoms with van der Waals surface area (Å²) >= 11 is 0. The van der Waals surface area contributed by atoms with Crippen LogP contribution in [0.1, 0.15) is 24.6 Å². The number of carbonyl (C=O) groups is 1. The maximum atomic E-state index is 11.2. The Morgan fingerprint density at radius 3 is 3.17 bits per heavy atom. The van der Waals surface area contributed by atoms with E-state index in [1.807, 2.05) is 13.0 Å². The van der Waals surface area contributed by atoms with E-state index in [1.165, 1.54) is 12.0 Å². The van der Waals surface area contributed by atoms with Crippen molar-refractivity contribution in [3.63, 3.8) is 0 Å². The van der Waals surface area contributed by atoms with E-state index >= 15 is 0 Å². The fourth-order valence-corrected chi connectivity index (χ4v) is 2.04. The van der Waals surface area contributed by atoms with Gasteiger partial charge in [-0.05, 0) is 31.4 Å². The number of aryl methyl sites for hydroxylation is 1. The second-order valence-electron chi connectivity index (χ2n) is 4.38. The molecule has 2 rings (SSSR count). The topological polar surface area (TPSA) is 66.0 Å². The fraction of sp³-hybridized carbons (Fsp3) is 0.538. The Balaban J connectivity index is 1.84. The minimum Gasteiger partial charge on any atom is -0.370 e. The van der Waals surface area contributed by atoms with Gasteiger partial charge in [0.1, 0.15) is 5.82 Å². The molecule has 0 aromatic carbocycles. The first-order valence-corrected chi connectivity index (χ1v) is 6.54. The number of rotatable bonds is 4. The predicted molar refractivity (Wildman–Crippen MR) is 71.8 cm³/mol. The average molecular weight is 248 g/mol. The Hall–Kier alpha value is -1.78. The summed E-state index contributed by atoms with van der Waals surface area (Å²) in [6.07, 6.45) is 3.03. The van der Waals surface area contributed by atoms with E-state index in [-0.39, 0.29) is 6.03 Å². The van der Waals surface area contributed by atoms with Gasteiger partial charge in [0.2, 0.25) is 0 Å². The van der Waals surface area contributed by atoms with Crippen LogP contribution in [0.2, 0.25) is 0 Å². The Morgan fingerprint density at radius 2 is 2.33 bits per heavy atom. The zero-order valence-corrected chi connectivity index (χ0v) is 10.8. The highest BCUT2D eigenvalue weighted by Gasteiger charge is 2.10. The van der Waals surface area contributed by atoms with E-state index in [9.17, 15) is 4.79 Å². The van der Waals surface area contributed by atoms with Crippen LogP contribution in [0.25, 0.3) is 0 Å². The molecule has 0 spiro atoms. The third-order valence-corrected chi connectivity index (χ3v) is 2.96. The summed E-state index contributed by atoms with van der Waals surface area (Å²) in [4.78, 5) is 15.8. The van der Waals surface area contributed by atoms with Gasteiger partial charge in [-0.15, -0.1) is 0 Å². The minimum atomic E-state index is -0.117. The van der Waals surface area contributed by atoms with Gasteiger partial charge in [-0.1, -0.05) is 6.07 Å². The lowest BCUT2D eigenvalue weighted by atomic mass is 10.1. The number of amides is 2. The van der Waals surface area contributed by atoms with Crippen molar-refractivity contribution in [2.45, 2.75) is 26.2 Å². The molecule has 0 bridgehead atoms. The zero-order valence-electron chi connectivity index (χ0n) is 10.8. The second kappa shape index (κ2) is 6.23. The molecule has 0 atom stereocenters. The number of nitrogens with zero attached hydrogens (tertiary/aromatic N) is 1. The van der Waals surface area contributed by atoms with Gasteiger partial charge >= 0.3 is 6.03 Å². The highest BCUT2D eigenvalue weighted by Crippen LogP contribution is 2.19. The molecule has 0 aliphatic carbocycles. The number of hydrogen-bond acceptors (Lipinski definition) is 3. The van der Waals surface area contributed by atoms with Crippen LogP contribution in [0.15, 0.2) is 12.1 Å². The molecule has 18 heavy (non-hydrogen) atoms. The van der Waals surface area contributed by atoms with Crippen molar-refractivity contribution in [1.82, 2.24) is 15.6 Å². The first-order valence-electron chi connectivity index (χ1n) is 6.54. The lowest BCUT2D eigenvalue weighted by molar-refractivity contribution is 0.241. The largest absolute Gasteiger partial charge is 0.370 e. The van der Waals surface area contributed by atoms with E-state index in [2.05, 4.69) is 27.0 Å². The van der Waals surface area contributed by atoms with Gasteiger partial charge in [0.15, 0.2) is 0 Å². The summed E-state index contributed by atoms with van der Waals surface area (Å²) in [7, 11) is 0. The highest BCUT2D eigenvalue weighted by molar-refractivity contribution is 5.73. The molecule has 0 fully saturated rings. The van der Waals surface area contributed by atoms with Crippen LogP contribution in [-0.4, -0.2) is 30.6 Å². The number of pyridine rings is 1. The number of nitrogens with one attached hydrogen (secondary N) is 3. The molecule has 3 N–H and O–H groups in total. The molecule has 5 nitrogen and oxygen atoms in total. The summed E-state index contributed by atoms with van der Waals surface area (Å²) < 4.78 is 0. The van der Waals surface area contributed by atoms with E-state index in [0.29, 0.717) is 13.1 Å². The SMILES string of the molecule is CCNC(=O)NCCc1ccc2c(n1)NCCC2. The number of urea groups is 1. The molecule has 1 aromatic heterocycles. The van der Waals surface area contributed by atoms with Crippen LogP contribution < -0.4 is 16.0 Å². The van der Waals surface area contributed by atoms with Gasteiger partial charge in [0.05, 0.1) is 0 Å². The van der Waals surface area contributed by atoms with E-state index in [1.54, 1.807) is 0 Å². The lowest BCUT2D eigenvalue weighted by Crippen LogP contribution is -2.36. The third-order valence-electron chi connectivity index (χ3n) is 2.96. The van der Waals surface area contributed by atoms with Crippen LogP contribution in [0.4, 0.5) is 10.6 Å². The Bertz CT molecular complexity index is 419. The molecule has 0 radical (unpaired) electrons. The van der Waals surface area contributed by atoms with Crippen molar-refractivity contribution in [3.05, 3.63) is 23.4 Å². The standard InChI is InChI=1S/C13H20N4O/c1-2-14-13(18)16-9-7-11-6-5-10-4-3-8-15-12(10)17-11/h5-6H,2-4,7-9H2,1H3,(H,15,17)(H2,14,16,18). The van der Waals surface area contributed by atoms with Crippen LogP contribution in [0.3, 0.4) is 0 Å². The van der Waals surface area contributed by atoms with Crippen LogP contribution in [0, 0.1) is 0 Å². The van der Waals surface area contributed by atoms with Crippen LogP contribution in [0.5, 0.6) is 0 Å². The van der Waals surface area contributed by atoms with E-state index in [4.69, 9.17) is 0 Å². The lowest BCUT2D eigenvalue weighted by Gasteiger charge is -2.17. The first-order chi connectivity index (χ1) is 8.79. The molecule has 1 aromatic rings. The predicted octanol–water partition coefficient (Wildman–Crippen LogP) is 1.30. The van der Waals surface area contributed by atoms with Gasteiger partial charge < -0.3 is 16.0 Å². The molecule has 0 saturated carbocycles. The Labute approximate surface area is 107 Å². The van der Waals surface area contributed by atoms with Gasteiger partial charge in [0.25, 0.3) is 0 Å². The van der Waals surface area contributed by atoms with Gasteiger partial charge in [-0.2, -0.15) is 0 Å². The summed E-state index contributed by atoms with van der Waals surface area (Å²) in [5.74, 6) is 1.01. The number of aromatic nitrogens is 1. The van der Waals surface area contributed by atoms with Crippen LogP contribution in [-0.2, 0) is 12.8 Å². The highest BCUT2D eigenvalue weighted by atomic mass is 16.2. The normalized spacial score (nSPS) is 13.4. The maximum Gasteiger partial charge on any atom is 0.314 e. The van der Waals surface area contributed by atoms with Crippen molar-refractivity contribution in [1.29, 1.82) is 0 Å². The molecule has 0 unspecified atom stereocenters. The monoisotopic (exact) mass is 248 g/mol. The van der Waals surface area contributed by atoms with Gasteiger partial charge in [-0.25, -0.2) is 9.78 Å². The second-order valence-corrected chi connectivity index (χ2v) is 4.38. The molecule has 0 saturated heterocycles. The summed E-state index contributed by atoms with van der Waals surface area (Å²) in [6, 6.07) is 4.06. The fourth-order valence-electron chi connectivity index (χ4n) is 2.04. The van der Waals surface area contributed by atoms with Crippen molar-refractivity contribution in [3.8, 4) is 0 Å². The van der Waals surface area contributed by atoms with Crippen molar-refractivity contribution in [2.24, 2.45) is 0 Å². The van der Waals surface area contributed by atoms with Crippen molar-refractivity contribution < 1.29 is 4.79 Å². The minimum absolute atomic E-state index is 0.117. The molecule has 2 heterocycles. The molecule has 1 aliphatic heterocycles. The van der Waals surface area contributed by atoms with E-state index in [0.717, 1.165) is 30.9 Å². The Kier molecular flexibility index (Phi) is 4.39. The number of carbonyl (C=O) groups excluding carboxylic acids is 1. The van der Waals surface area contributed by atoms with Crippen LogP contribution >= 0.6 is 0 Å². The molecule has 2 amide bonds. The molecule has 1 aliphatic rings. The average Bonchev–Trinajstić information content (AvgIpc) is 2.39. The van der Waals surface area contributed by atoms with Crippen molar-refractivity contribution >= 4 is 11.8 Å². The van der Waals surface area contributed by atoms with Gasteiger partial charge in [-0.3, -0.25) is 0 Å². The van der Waals surface area contributed by atoms with E-state index < -0.39 is 0 Å². The number of fused-ring (bicyclic) bond motifs is 1. The maximum absolute atomic E-state index is 11.2. The van der Waals surface area contributed by atoms with Crippen molar-refractivity contribution in [2.75, 3.05) is 25.0 Å². The quantitative estimate of drug-likeness (QED) is 0.752. The molecule has 5 heteroatoms. The number of hydrogen-bond donors (Lipinski definition) is 3. The summed E-state index contributed by atoms with van der Waals surface area (Å²) in [5.41, 5.74) is 2.31. The number of anilines is 1.